The first-order valence-corrected chi connectivity index (χ1v) is 13.2. The van der Waals surface area contributed by atoms with E-state index >= 15 is 0 Å². The Balaban J connectivity index is 1.57. The predicted molar refractivity (Wildman–Crippen MR) is 161 cm³/mol. The fourth-order valence-corrected chi connectivity index (χ4v) is 4.85. The lowest BCUT2D eigenvalue weighted by Gasteiger charge is -2.17. The number of amides is 1. The van der Waals surface area contributed by atoms with E-state index in [2.05, 4.69) is 5.32 Å². The highest BCUT2D eigenvalue weighted by Gasteiger charge is 2.18. The van der Waals surface area contributed by atoms with E-state index in [9.17, 15) is 14.4 Å². The molecular formula is C33H31N3O5. The van der Waals surface area contributed by atoms with Crippen LogP contribution in [0.1, 0.15) is 32.6 Å². The summed E-state index contributed by atoms with van der Waals surface area (Å²) in [5.41, 5.74) is 4.54. The Morgan fingerprint density at radius 2 is 1.46 bits per heavy atom. The summed E-state index contributed by atoms with van der Waals surface area (Å²) in [5, 5.41) is 3.19. The van der Waals surface area contributed by atoms with Gasteiger partial charge in [-0.25, -0.2) is 4.79 Å². The van der Waals surface area contributed by atoms with Gasteiger partial charge < -0.3 is 14.8 Å². The highest BCUT2D eigenvalue weighted by atomic mass is 16.5. The van der Waals surface area contributed by atoms with Crippen molar-refractivity contribution >= 4 is 22.5 Å². The number of anilines is 1. The van der Waals surface area contributed by atoms with Crippen LogP contribution in [0.15, 0.2) is 94.5 Å². The van der Waals surface area contributed by atoms with Crippen LogP contribution in [0.4, 0.5) is 5.69 Å². The van der Waals surface area contributed by atoms with Crippen LogP contribution < -0.4 is 26.0 Å². The molecule has 1 heterocycles. The number of carbonyl (C=O) groups is 1. The molecule has 5 rings (SSSR count). The van der Waals surface area contributed by atoms with Crippen LogP contribution >= 0.6 is 0 Å². The normalized spacial score (nSPS) is 10.9. The molecule has 1 N–H and O–H groups in total. The summed E-state index contributed by atoms with van der Waals surface area (Å²) in [6.07, 6.45) is 0. The first-order chi connectivity index (χ1) is 19.8. The highest BCUT2D eigenvalue weighted by molar-refractivity contribution is 6.04. The van der Waals surface area contributed by atoms with Gasteiger partial charge in [-0.3, -0.25) is 18.7 Å². The number of benzene rings is 4. The first kappa shape index (κ1) is 27.5. The van der Waals surface area contributed by atoms with E-state index in [1.165, 1.54) is 18.8 Å². The van der Waals surface area contributed by atoms with Crippen molar-refractivity contribution in [1.82, 2.24) is 9.13 Å². The molecule has 0 radical (unpaired) electrons. The predicted octanol–water partition coefficient (Wildman–Crippen LogP) is 5.15. The Labute approximate surface area is 237 Å². The van der Waals surface area contributed by atoms with Crippen LogP contribution in [0.5, 0.6) is 11.5 Å². The molecule has 0 bridgehead atoms. The molecule has 0 unspecified atom stereocenters. The van der Waals surface area contributed by atoms with Crippen LogP contribution in [0.3, 0.4) is 0 Å². The smallest absolute Gasteiger partial charge is 0.332 e. The van der Waals surface area contributed by atoms with Gasteiger partial charge in [-0.15, -0.1) is 0 Å². The van der Waals surface area contributed by atoms with Gasteiger partial charge in [0.1, 0.15) is 0 Å². The number of carbonyl (C=O) groups excluding carboxylic acids is 1. The number of hydrogen-bond acceptors (Lipinski definition) is 5. The van der Waals surface area contributed by atoms with Gasteiger partial charge in [0, 0.05) is 17.3 Å². The standard InChI is InChI=1S/C33H31N3O5/c1-21-10-11-22(2)25(16-21)20-35-28-18-30(41-4)29(40-3)17-27(28)32(38)36(33(35)39)19-23-12-14-24(15-13-23)31(37)34-26-8-6-5-7-9-26/h5-18H,19-20H2,1-4H3,(H,34,37). The van der Waals surface area contributed by atoms with E-state index in [0.29, 0.717) is 39.2 Å². The van der Waals surface area contributed by atoms with Crippen molar-refractivity contribution in [2.24, 2.45) is 0 Å². The first-order valence-electron chi connectivity index (χ1n) is 13.2. The van der Waals surface area contributed by atoms with E-state index in [4.69, 9.17) is 9.47 Å². The molecule has 5 aromatic rings. The Morgan fingerprint density at radius 3 is 2.15 bits per heavy atom. The molecule has 1 aromatic heterocycles. The summed E-state index contributed by atoms with van der Waals surface area (Å²) < 4.78 is 13.8. The number of aryl methyl sites for hydroxylation is 2. The molecule has 0 saturated carbocycles. The molecule has 0 aliphatic rings. The van der Waals surface area contributed by atoms with Crippen LogP contribution in [-0.2, 0) is 13.1 Å². The maximum Gasteiger partial charge on any atom is 0.332 e. The molecule has 4 aromatic carbocycles. The zero-order valence-corrected chi connectivity index (χ0v) is 23.4. The Kier molecular flexibility index (Phi) is 7.74. The fourth-order valence-electron chi connectivity index (χ4n) is 4.85. The molecular weight excluding hydrogens is 518 g/mol. The molecule has 0 saturated heterocycles. The second kappa shape index (κ2) is 11.6. The third-order valence-corrected chi connectivity index (χ3v) is 7.15. The van der Waals surface area contributed by atoms with Gasteiger partial charge >= 0.3 is 5.69 Å². The quantitative estimate of drug-likeness (QED) is 0.289. The summed E-state index contributed by atoms with van der Waals surface area (Å²) in [5.74, 6) is 0.576. The molecule has 208 valence electrons. The van der Waals surface area contributed by atoms with Crippen LogP contribution in [0.25, 0.3) is 10.9 Å². The van der Waals surface area contributed by atoms with Gasteiger partial charge in [0.25, 0.3) is 11.5 Å². The molecule has 1 amide bonds. The highest BCUT2D eigenvalue weighted by Crippen LogP contribution is 2.31. The number of rotatable bonds is 8. The van der Waals surface area contributed by atoms with Crippen molar-refractivity contribution in [2.45, 2.75) is 26.9 Å². The molecule has 0 fully saturated rings. The molecule has 0 spiro atoms. The lowest BCUT2D eigenvalue weighted by Crippen LogP contribution is -2.40. The largest absolute Gasteiger partial charge is 0.493 e. The van der Waals surface area contributed by atoms with Gasteiger partial charge in [0.2, 0.25) is 0 Å². The average Bonchev–Trinajstić information content (AvgIpc) is 2.99. The van der Waals surface area contributed by atoms with E-state index < -0.39 is 11.2 Å². The van der Waals surface area contributed by atoms with E-state index in [0.717, 1.165) is 16.7 Å². The van der Waals surface area contributed by atoms with Crippen molar-refractivity contribution < 1.29 is 14.3 Å². The topological polar surface area (TPSA) is 91.6 Å². The van der Waals surface area contributed by atoms with E-state index in [1.807, 2.05) is 62.4 Å². The third-order valence-electron chi connectivity index (χ3n) is 7.15. The zero-order chi connectivity index (χ0) is 29.1. The summed E-state index contributed by atoms with van der Waals surface area (Å²) in [6.45, 7) is 4.31. The monoisotopic (exact) mass is 549 g/mol. The average molecular weight is 550 g/mol. The minimum atomic E-state index is -0.443. The number of nitrogens with zero attached hydrogens (tertiary/aromatic N) is 2. The maximum absolute atomic E-state index is 13.9. The maximum atomic E-state index is 13.9. The van der Waals surface area contributed by atoms with Crippen LogP contribution in [0.2, 0.25) is 0 Å². The third kappa shape index (κ3) is 5.63. The minimum Gasteiger partial charge on any atom is -0.493 e. The van der Waals surface area contributed by atoms with Gasteiger partial charge in [0.15, 0.2) is 11.5 Å². The van der Waals surface area contributed by atoms with Crippen molar-refractivity contribution in [3.63, 3.8) is 0 Å². The van der Waals surface area contributed by atoms with Crippen molar-refractivity contribution in [2.75, 3.05) is 19.5 Å². The number of aromatic nitrogens is 2. The van der Waals surface area contributed by atoms with Crippen molar-refractivity contribution in [1.29, 1.82) is 0 Å². The lowest BCUT2D eigenvalue weighted by molar-refractivity contribution is 0.102. The number of nitrogens with one attached hydrogen (secondary N) is 1. The Morgan fingerprint density at radius 1 is 0.780 bits per heavy atom. The molecule has 8 nitrogen and oxygen atoms in total. The Hall–Kier alpha value is -5.11. The zero-order valence-electron chi connectivity index (χ0n) is 23.4. The second-order valence-electron chi connectivity index (χ2n) is 9.93. The summed E-state index contributed by atoms with van der Waals surface area (Å²) in [6, 6.07) is 25.4. The lowest BCUT2D eigenvalue weighted by atomic mass is 10.1. The van der Waals surface area contributed by atoms with Gasteiger partial charge in [0.05, 0.1) is 38.2 Å². The molecule has 8 heteroatoms. The summed E-state index contributed by atoms with van der Waals surface area (Å²) in [7, 11) is 3.02. The Bertz CT molecular complexity index is 1860. The fraction of sp³-hybridized carbons (Fsp3) is 0.182. The summed E-state index contributed by atoms with van der Waals surface area (Å²) >= 11 is 0. The minimum absolute atomic E-state index is 0.0370. The molecule has 0 atom stereocenters. The van der Waals surface area contributed by atoms with E-state index in [1.54, 1.807) is 41.0 Å². The number of methoxy groups -OCH3 is 2. The molecule has 0 aliphatic carbocycles. The van der Waals surface area contributed by atoms with Crippen LogP contribution in [0, 0.1) is 13.8 Å². The molecule has 0 aliphatic heterocycles. The number of fused-ring (bicyclic) bond motifs is 1. The SMILES string of the molecule is COc1cc2c(=O)n(Cc3ccc(C(=O)Nc4ccccc4)cc3)c(=O)n(Cc3cc(C)ccc3C)c2cc1OC. The van der Waals surface area contributed by atoms with Crippen molar-refractivity contribution in [3.8, 4) is 11.5 Å². The van der Waals surface area contributed by atoms with E-state index in [-0.39, 0.29) is 19.0 Å². The number of para-hydroxylation sites is 1. The van der Waals surface area contributed by atoms with Crippen LogP contribution in [-0.4, -0.2) is 29.3 Å². The second-order valence-corrected chi connectivity index (χ2v) is 9.93. The van der Waals surface area contributed by atoms with Gasteiger partial charge in [-0.2, -0.15) is 0 Å². The number of ether oxygens (including phenoxy) is 2. The number of hydrogen-bond donors (Lipinski definition) is 1. The van der Waals surface area contributed by atoms with Gasteiger partial charge in [-0.1, -0.05) is 54.1 Å². The van der Waals surface area contributed by atoms with Gasteiger partial charge in [-0.05, 0) is 60.9 Å². The van der Waals surface area contributed by atoms with Crippen molar-refractivity contribution in [3.05, 3.63) is 134 Å². The molecule has 41 heavy (non-hydrogen) atoms. The summed E-state index contributed by atoms with van der Waals surface area (Å²) in [4.78, 5) is 40.3.